The molecular weight excluding hydrogens is 655 g/mol. The highest BCUT2D eigenvalue weighted by molar-refractivity contribution is 7.99. The molecule has 2 rings (SSSR count). The summed E-state index contributed by atoms with van der Waals surface area (Å²) in [6.45, 7) is 15.7. The molecular formula is C36H49O10PS. The molecule has 264 valence electrons. The molecule has 0 saturated heterocycles. The summed E-state index contributed by atoms with van der Waals surface area (Å²) < 4.78 is 45.5. The van der Waals surface area contributed by atoms with Gasteiger partial charge in [-0.15, -0.1) is 0 Å². The van der Waals surface area contributed by atoms with Crippen molar-refractivity contribution in [3.05, 3.63) is 84.0 Å². The van der Waals surface area contributed by atoms with Gasteiger partial charge in [-0.25, -0.2) is 9.59 Å². The van der Waals surface area contributed by atoms with Crippen LogP contribution in [0.5, 0.6) is 11.5 Å². The zero-order chi connectivity index (χ0) is 35.4. The summed E-state index contributed by atoms with van der Waals surface area (Å²) in [6, 6.07) is 14.6. The monoisotopic (exact) mass is 704 g/mol. The number of benzene rings is 2. The molecule has 12 heteroatoms. The van der Waals surface area contributed by atoms with Crippen LogP contribution in [0.2, 0.25) is 0 Å². The maximum Gasteiger partial charge on any atom is 0.333 e. The van der Waals surface area contributed by atoms with Gasteiger partial charge >= 0.3 is 19.5 Å². The third kappa shape index (κ3) is 15.7. The number of Topliss-reactive ketones (excluding diaryl/α,β-unsaturated/α-hetero) is 1. The molecule has 0 radical (unpaired) electrons. The van der Waals surface area contributed by atoms with Gasteiger partial charge in [0.15, 0.2) is 5.78 Å². The summed E-state index contributed by atoms with van der Waals surface area (Å²) in [7, 11) is -3.15. The number of carbonyl (C=O) groups excluding carboxylic acids is 3. The van der Waals surface area contributed by atoms with Crippen molar-refractivity contribution in [2.45, 2.75) is 58.6 Å². The normalized spacial score (nSPS) is 11.8. The Morgan fingerprint density at radius 3 is 1.67 bits per heavy atom. The van der Waals surface area contributed by atoms with Crippen molar-refractivity contribution in [3.8, 4) is 11.5 Å². The van der Waals surface area contributed by atoms with Crippen LogP contribution in [0.15, 0.2) is 72.8 Å². The van der Waals surface area contributed by atoms with E-state index in [2.05, 4.69) is 13.2 Å². The lowest BCUT2D eigenvalue weighted by atomic mass is 10.0. The lowest BCUT2D eigenvalue weighted by Crippen LogP contribution is -2.09. The highest BCUT2D eigenvalue weighted by atomic mass is 32.2. The molecule has 0 saturated carbocycles. The molecule has 0 spiro atoms. The van der Waals surface area contributed by atoms with Gasteiger partial charge in [-0.1, -0.05) is 25.3 Å². The van der Waals surface area contributed by atoms with Gasteiger partial charge in [-0.3, -0.25) is 9.36 Å². The fourth-order valence-electron chi connectivity index (χ4n) is 4.19. The fraction of sp³-hybridized carbons (Fsp3) is 0.472. The molecule has 0 aromatic heterocycles. The van der Waals surface area contributed by atoms with Crippen molar-refractivity contribution in [3.63, 3.8) is 0 Å². The van der Waals surface area contributed by atoms with E-state index in [0.29, 0.717) is 85.8 Å². The molecule has 0 heterocycles. The van der Waals surface area contributed by atoms with E-state index in [-0.39, 0.29) is 30.7 Å². The van der Waals surface area contributed by atoms with Gasteiger partial charge in [0.25, 0.3) is 0 Å². The number of hydrogen-bond donors (Lipinski definition) is 0. The molecule has 2 aromatic rings. The summed E-state index contributed by atoms with van der Waals surface area (Å²) in [6.07, 6.45) is 2.21. The van der Waals surface area contributed by atoms with Crippen LogP contribution in [-0.2, 0) is 32.7 Å². The fourth-order valence-corrected chi connectivity index (χ4v) is 7.29. The smallest absolute Gasteiger partial charge is 0.333 e. The zero-order valence-corrected chi connectivity index (χ0v) is 30.2. The number of ether oxygens (including phenoxy) is 4. The van der Waals surface area contributed by atoms with Gasteiger partial charge in [0.05, 0.1) is 45.8 Å². The van der Waals surface area contributed by atoms with E-state index < -0.39 is 19.5 Å². The minimum atomic E-state index is -3.15. The number of esters is 2. The average molecular weight is 705 g/mol. The summed E-state index contributed by atoms with van der Waals surface area (Å²) in [5, 5.41) is -0.162. The molecule has 0 bridgehead atoms. The lowest BCUT2D eigenvalue weighted by Gasteiger charge is -2.19. The van der Waals surface area contributed by atoms with Crippen LogP contribution in [0, 0.1) is 0 Å². The number of thioether (sulfide) groups is 1. The van der Waals surface area contributed by atoms with E-state index in [9.17, 15) is 18.9 Å². The van der Waals surface area contributed by atoms with E-state index in [0.717, 1.165) is 5.56 Å². The van der Waals surface area contributed by atoms with Crippen molar-refractivity contribution in [2.24, 2.45) is 0 Å². The Bertz CT molecular complexity index is 1360. The summed E-state index contributed by atoms with van der Waals surface area (Å²) in [5.74, 6) is 1.06. The Kier molecular flexibility index (Phi) is 19.0. The van der Waals surface area contributed by atoms with Crippen molar-refractivity contribution in [1.82, 2.24) is 0 Å². The van der Waals surface area contributed by atoms with Gasteiger partial charge < -0.3 is 28.0 Å². The summed E-state index contributed by atoms with van der Waals surface area (Å²) >= 11 is 1.62. The van der Waals surface area contributed by atoms with Gasteiger partial charge in [-0.2, -0.15) is 11.8 Å². The van der Waals surface area contributed by atoms with E-state index in [1.165, 1.54) is 0 Å². The van der Waals surface area contributed by atoms with Crippen molar-refractivity contribution >= 4 is 37.1 Å². The number of ketones is 1. The molecule has 0 aliphatic carbocycles. The molecule has 48 heavy (non-hydrogen) atoms. The lowest BCUT2D eigenvalue weighted by molar-refractivity contribution is -0.140. The molecule has 0 N–H and O–H groups in total. The average Bonchev–Trinajstić information content (AvgIpc) is 3.06. The molecule has 1 atom stereocenters. The minimum Gasteiger partial charge on any atom is -0.493 e. The van der Waals surface area contributed by atoms with Crippen LogP contribution in [0.3, 0.4) is 0 Å². The van der Waals surface area contributed by atoms with Crippen molar-refractivity contribution in [2.75, 3.05) is 51.6 Å². The Morgan fingerprint density at radius 2 is 1.21 bits per heavy atom. The Morgan fingerprint density at radius 1 is 0.729 bits per heavy atom. The quantitative estimate of drug-likeness (QED) is 0.0327. The minimum absolute atomic E-state index is 0.0234. The van der Waals surface area contributed by atoms with Crippen LogP contribution in [0.1, 0.15) is 74.5 Å². The predicted molar refractivity (Wildman–Crippen MR) is 189 cm³/mol. The SMILES string of the molecule is C=C(C)C(=O)OCCCOc1ccc(C(=O)CC(SCCCP(=O)(OCC)OCC)c2ccc(OCCCOC(=O)C(=C)C)cc2)cc1. The number of hydrogen-bond acceptors (Lipinski definition) is 11. The highest BCUT2D eigenvalue weighted by Crippen LogP contribution is 2.49. The third-order valence-electron chi connectivity index (χ3n) is 6.62. The second kappa shape index (κ2) is 22.3. The topological polar surface area (TPSA) is 124 Å². The Labute approximate surface area is 289 Å². The molecule has 0 aliphatic heterocycles. The number of rotatable bonds is 25. The maximum absolute atomic E-state index is 13.4. The zero-order valence-electron chi connectivity index (χ0n) is 28.5. The first-order valence-electron chi connectivity index (χ1n) is 16.1. The van der Waals surface area contributed by atoms with E-state index in [1.54, 1.807) is 63.7 Å². The first-order valence-corrected chi connectivity index (χ1v) is 18.9. The van der Waals surface area contributed by atoms with E-state index >= 15 is 0 Å². The molecule has 0 aliphatic rings. The van der Waals surface area contributed by atoms with Gasteiger partial charge in [-0.05, 0) is 81.8 Å². The third-order valence-corrected chi connectivity index (χ3v) is 10.2. The second-order valence-electron chi connectivity index (χ2n) is 10.8. The van der Waals surface area contributed by atoms with Crippen molar-refractivity contribution in [1.29, 1.82) is 0 Å². The van der Waals surface area contributed by atoms with Crippen LogP contribution in [0.4, 0.5) is 0 Å². The standard InChI is InChI=1S/C36H49O10PS/c1-7-45-47(40,46-8-2)24-11-25-48-34(30-14-18-32(19-15-30)42-21-10-23-44-36(39)28(5)6)26-33(37)29-12-16-31(17-13-29)41-20-9-22-43-35(38)27(3)4/h12-19,34H,3,5,7-11,20-26H2,1-2,4,6H3. The maximum atomic E-state index is 13.4. The predicted octanol–water partition coefficient (Wildman–Crippen LogP) is 8.17. The van der Waals surface area contributed by atoms with Crippen LogP contribution >= 0.6 is 19.4 Å². The van der Waals surface area contributed by atoms with Crippen LogP contribution in [-0.4, -0.2) is 69.3 Å². The van der Waals surface area contributed by atoms with Gasteiger partial charge in [0.1, 0.15) is 11.5 Å². The van der Waals surface area contributed by atoms with Gasteiger partial charge in [0, 0.05) is 41.2 Å². The molecule has 0 fully saturated rings. The first kappa shape index (κ1) is 40.8. The first-order chi connectivity index (χ1) is 23.0. The molecule has 1 unspecified atom stereocenters. The Balaban J connectivity index is 2.00. The Hall–Kier alpha value is -3.37. The summed E-state index contributed by atoms with van der Waals surface area (Å²) in [4.78, 5) is 36.4. The largest absolute Gasteiger partial charge is 0.493 e. The van der Waals surface area contributed by atoms with E-state index in [4.69, 9.17) is 28.0 Å². The molecule has 0 amide bonds. The van der Waals surface area contributed by atoms with Crippen molar-refractivity contribution < 1.29 is 46.9 Å². The van der Waals surface area contributed by atoms with E-state index in [1.807, 2.05) is 24.3 Å². The highest BCUT2D eigenvalue weighted by Gasteiger charge is 2.24. The van der Waals surface area contributed by atoms with Gasteiger partial charge in [0.2, 0.25) is 0 Å². The van der Waals surface area contributed by atoms with Crippen LogP contribution in [0.25, 0.3) is 0 Å². The number of carbonyl (C=O) groups is 3. The second-order valence-corrected chi connectivity index (χ2v) is 14.3. The summed E-state index contributed by atoms with van der Waals surface area (Å²) in [5.41, 5.74) is 2.23. The molecule has 10 nitrogen and oxygen atoms in total. The van der Waals surface area contributed by atoms with Crippen LogP contribution < -0.4 is 9.47 Å². The molecule has 2 aromatic carbocycles.